The van der Waals surface area contributed by atoms with Gasteiger partial charge < -0.3 is 15.4 Å². The first-order chi connectivity index (χ1) is 8.70. The Labute approximate surface area is 106 Å². The van der Waals surface area contributed by atoms with Crippen molar-refractivity contribution in [1.29, 1.82) is 0 Å². The maximum absolute atomic E-state index is 10.0. The van der Waals surface area contributed by atoms with E-state index < -0.39 is 0 Å². The summed E-state index contributed by atoms with van der Waals surface area (Å²) in [5, 5.41) is 10.9. The number of anilines is 1. The molecule has 0 unspecified atom stereocenters. The molecule has 2 aromatic rings. The highest BCUT2D eigenvalue weighted by atomic mass is 16.3. The summed E-state index contributed by atoms with van der Waals surface area (Å²) in [4.78, 5) is 8.31. The molecule has 0 aromatic carbocycles. The van der Waals surface area contributed by atoms with Gasteiger partial charge in [0, 0.05) is 12.2 Å². The molecule has 96 valence electrons. The van der Waals surface area contributed by atoms with E-state index in [-0.39, 0.29) is 6.10 Å². The van der Waals surface area contributed by atoms with E-state index >= 15 is 0 Å². The smallest absolute Gasteiger partial charge is 0.145 e. The minimum Gasteiger partial charge on any atom is -0.393 e. The number of fused-ring (bicyclic) bond motifs is 1. The average Bonchev–Trinajstić information content (AvgIpc) is 2.93. The maximum atomic E-state index is 10.0. The third-order valence-electron chi connectivity index (χ3n) is 4.09. The molecular weight excluding hydrogens is 228 g/mol. The second-order valence-corrected chi connectivity index (χ2v) is 5.08. The molecule has 3 atom stereocenters. The molecule has 3 N–H and O–H groups in total. The Balaban J connectivity index is 1.99. The minimum absolute atomic E-state index is 0.198. The summed E-state index contributed by atoms with van der Waals surface area (Å²) in [6.07, 6.45) is 6.13. The van der Waals surface area contributed by atoms with Crippen LogP contribution in [0.2, 0.25) is 0 Å². The van der Waals surface area contributed by atoms with Gasteiger partial charge in [-0.25, -0.2) is 9.97 Å². The van der Waals surface area contributed by atoms with E-state index in [4.69, 9.17) is 5.73 Å². The molecule has 0 radical (unpaired) electrons. The van der Waals surface area contributed by atoms with Crippen LogP contribution < -0.4 is 5.73 Å². The Morgan fingerprint density at radius 3 is 3.00 bits per heavy atom. The number of hydrogen-bond acceptors (Lipinski definition) is 4. The predicted molar refractivity (Wildman–Crippen MR) is 70.0 cm³/mol. The number of aliphatic hydroxyl groups is 1. The van der Waals surface area contributed by atoms with Gasteiger partial charge in [0.15, 0.2) is 0 Å². The first kappa shape index (κ1) is 11.5. The number of nitrogen functional groups attached to an aromatic ring is 1. The summed E-state index contributed by atoms with van der Waals surface area (Å²) < 4.78 is 2.13. The first-order valence-electron chi connectivity index (χ1n) is 6.45. The van der Waals surface area contributed by atoms with Crippen molar-refractivity contribution in [3.05, 3.63) is 18.6 Å². The van der Waals surface area contributed by atoms with Gasteiger partial charge in [0.05, 0.1) is 11.5 Å². The predicted octanol–water partition coefficient (Wildman–Crippen LogP) is 1.74. The van der Waals surface area contributed by atoms with Gasteiger partial charge in [-0.3, -0.25) is 0 Å². The molecule has 18 heavy (non-hydrogen) atoms. The number of rotatable bonds is 2. The van der Waals surface area contributed by atoms with Gasteiger partial charge in [0.25, 0.3) is 0 Å². The average molecular weight is 246 g/mol. The van der Waals surface area contributed by atoms with E-state index in [1.807, 2.05) is 12.3 Å². The van der Waals surface area contributed by atoms with Crippen LogP contribution in [0.5, 0.6) is 0 Å². The normalized spacial score (nSPS) is 28.0. The quantitative estimate of drug-likeness (QED) is 0.846. The molecule has 5 nitrogen and oxygen atoms in total. The number of aliphatic hydroxyl groups excluding tert-OH is 1. The van der Waals surface area contributed by atoms with Crippen molar-refractivity contribution in [3.8, 4) is 0 Å². The molecule has 0 spiro atoms. The third kappa shape index (κ3) is 1.66. The Kier molecular flexibility index (Phi) is 2.70. The van der Waals surface area contributed by atoms with Crippen LogP contribution in [0.4, 0.5) is 5.82 Å². The summed E-state index contributed by atoms with van der Waals surface area (Å²) in [5.74, 6) is 0.913. The highest BCUT2D eigenvalue weighted by Crippen LogP contribution is 2.38. The van der Waals surface area contributed by atoms with Crippen molar-refractivity contribution in [2.45, 2.75) is 38.3 Å². The molecule has 2 aromatic heterocycles. The topological polar surface area (TPSA) is 77.0 Å². The van der Waals surface area contributed by atoms with Crippen molar-refractivity contribution in [2.24, 2.45) is 5.92 Å². The van der Waals surface area contributed by atoms with E-state index in [2.05, 4.69) is 21.5 Å². The second-order valence-electron chi connectivity index (χ2n) is 5.08. The van der Waals surface area contributed by atoms with Crippen molar-refractivity contribution < 1.29 is 5.11 Å². The van der Waals surface area contributed by atoms with Crippen LogP contribution in [-0.4, -0.2) is 25.7 Å². The van der Waals surface area contributed by atoms with E-state index in [0.717, 1.165) is 30.3 Å². The Morgan fingerprint density at radius 2 is 2.28 bits per heavy atom. The van der Waals surface area contributed by atoms with Crippen LogP contribution in [0.3, 0.4) is 0 Å². The van der Waals surface area contributed by atoms with Crippen molar-refractivity contribution in [3.63, 3.8) is 0 Å². The van der Waals surface area contributed by atoms with E-state index in [1.165, 1.54) is 6.33 Å². The highest BCUT2D eigenvalue weighted by molar-refractivity contribution is 5.86. The minimum atomic E-state index is -0.198. The summed E-state index contributed by atoms with van der Waals surface area (Å²) in [6.45, 7) is 2.13. The Bertz CT molecular complexity index is 565. The standard InChI is InChI=1S/C13H18N4O/c1-2-8-5-9(6-11(8)18)17-4-3-10-12(14)15-7-16-13(10)17/h3-4,7-9,11,18H,2,5-6H2,1H3,(H2,14,15,16)/t8-,9-,11+/m1/s1. The van der Waals surface area contributed by atoms with Gasteiger partial charge in [0.1, 0.15) is 17.8 Å². The molecule has 1 aliphatic carbocycles. The number of nitrogens with two attached hydrogens (primary N) is 1. The van der Waals surface area contributed by atoms with Crippen LogP contribution in [-0.2, 0) is 0 Å². The lowest BCUT2D eigenvalue weighted by Crippen LogP contribution is -2.11. The zero-order valence-corrected chi connectivity index (χ0v) is 10.5. The monoisotopic (exact) mass is 246 g/mol. The molecule has 0 aliphatic heterocycles. The zero-order chi connectivity index (χ0) is 12.7. The van der Waals surface area contributed by atoms with Gasteiger partial charge in [0.2, 0.25) is 0 Å². The van der Waals surface area contributed by atoms with Crippen LogP contribution in [0.15, 0.2) is 18.6 Å². The fourth-order valence-electron chi connectivity index (χ4n) is 3.03. The molecule has 2 heterocycles. The molecule has 1 saturated carbocycles. The van der Waals surface area contributed by atoms with Gasteiger partial charge in [-0.1, -0.05) is 13.3 Å². The fourth-order valence-corrected chi connectivity index (χ4v) is 3.03. The van der Waals surface area contributed by atoms with Crippen LogP contribution >= 0.6 is 0 Å². The first-order valence-corrected chi connectivity index (χ1v) is 6.45. The molecule has 0 bridgehead atoms. The zero-order valence-electron chi connectivity index (χ0n) is 10.5. The van der Waals surface area contributed by atoms with Crippen molar-refractivity contribution in [1.82, 2.24) is 14.5 Å². The van der Waals surface area contributed by atoms with Gasteiger partial charge in [-0.05, 0) is 24.8 Å². The number of aromatic nitrogens is 3. The highest BCUT2D eigenvalue weighted by Gasteiger charge is 2.33. The molecule has 0 saturated heterocycles. The molecule has 5 heteroatoms. The van der Waals surface area contributed by atoms with Gasteiger partial charge >= 0.3 is 0 Å². The maximum Gasteiger partial charge on any atom is 0.145 e. The summed E-state index contributed by atoms with van der Waals surface area (Å²) in [7, 11) is 0. The molecule has 0 amide bonds. The molecule has 1 fully saturated rings. The van der Waals surface area contributed by atoms with Gasteiger partial charge in [-0.2, -0.15) is 0 Å². The van der Waals surface area contributed by atoms with Gasteiger partial charge in [-0.15, -0.1) is 0 Å². The third-order valence-corrected chi connectivity index (χ3v) is 4.09. The lowest BCUT2D eigenvalue weighted by Gasteiger charge is -2.13. The van der Waals surface area contributed by atoms with Crippen LogP contribution in [0.1, 0.15) is 32.2 Å². The SMILES string of the molecule is CC[C@@H]1C[C@@H](n2ccc3c(N)ncnc32)C[C@@H]1O. The second kappa shape index (κ2) is 4.24. The Morgan fingerprint density at radius 1 is 1.44 bits per heavy atom. The lowest BCUT2D eigenvalue weighted by molar-refractivity contribution is 0.129. The molecule has 1 aliphatic rings. The number of hydrogen-bond donors (Lipinski definition) is 2. The summed E-state index contributed by atoms with van der Waals surface area (Å²) >= 11 is 0. The molecular formula is C13H18N4O. The fraction of sp³-hybridized carbons (Fsp3) is 0.538. The van der Waals surface area contributed by atoms with Crippen LogP contribution in [0, 0.1) is 5.92 Å². The van der Waals surface area contributed by atoms with Crippen molar-refractivity contribution >= 4 is 16.9 Å². The van der Waals surface area contributed by atoms with E-state index in [1.54, 1.807) is 0 Å². The van der Waals surface area contributed by atoms with Crippen LogP contribution in [0.25, 0.3) is 11.0 Å². The van der Waals surface area contributed by atoms with E-state index in [9.17, 15) is 5.11 Å². The summed E-state index contributed by atoms with van der Waals surface area (Å²) in [6, 6.07) is 2.27. The number of nitrogens with zero attached hydrogens (tertiary/aromatic N) is 3. The summed E-state index contributed by atoms with van der Waals surface area (Å²) in [5.41, 5.74) is 6.71. The largest absolute Gasteiger partial charge is 0.393 e. The Hall–Kier alpha value is -1.62. The molecule has 3 rings (SSSR count). The van der Waals surface area contributed by atoms with E-state index in [0.29, 0.717) is 17.8 Å². The lowest BCUT2D eigenvalue weighted by atomic mass is 10.0. The van der Waals surface area contributed by atoms with Crippen molar-refractivity contribution in [2.75, 3.05) is 5.73 Å².